The summed E-state index contributed by atoms with van der Waals surface area (Å²) in [7, 11) is 0. The second-order valence-electron chi connectivity index (χ2n) is 7.26. The summed E-state index contributed by atoms with van der Waals surface area (Å²) < 4.78 is 6.11. The highest BCUT2D eigenvalue weighted by Crippen LogP contribution is 2.41. The summed E-state index contributed by atoms with van der Waals surface area (Å²) in [4.78, 5) is 0. The smallest absolute Gasteiger partial charge is 0.0597 e. The molecule has 1 saturated heterocycles. The zero-order valence-electron chi connectivity index (χ0n) is 14.2. The predicted molar refractivity (Wildman–Crippen MR) is 85.9 cm³/mol. The Labute approximate surface area is 126 Å². The highest BCUT2D eigenvalue weighted by molar-refractivity contribution is 4.95. The lowest BCUT2D eigenvalue weighted by Gasteiger charge is -2.39. The van der Waals surface area contributed by atoms with Crippen molar-refractivity contribution in [2.24, 2.45) is 23.7 Å². The van der Waals surface area contributed by atoms with Crippen LogP contribution in [0, 0.1) is 23.7 Å². The zero-order valence-corrected chi connectivity index (χ0v) is 14.2. The fourth-order valence-corrected chi connectivity index (χ4v) is 4.72. The normalized spacial score (nSPS) is 43.6. The highest BCUT2D eigenvalue weighted by Gasteiger charge is 2.44. The molecule has 20 heavy (non-hydrogen) atoms. The van der Waals surface area contributed by atoms with Gasteiger partial charge in [-0.25, -0.2) is 0 Å². The van der Waals surface area contributed by atoms with Gasteiger partial charge in [-0.15, -0.1) is 0 Å². The van der Waals surface area contributed by atoms with Gasteiger partial charge in [0, 0.05) is 12.0 Å². The predicted octanol–water partition coefficient (Wildman–Crippen LogP) is 4.24. The van der Waals surface area contributed by atoms with Crippen LogP contribution in [0.4, 0.5) is 0 Å². The minimum Gasteiger partial charge on any atom is -0.375 e. The molecule has 2 rings (SSSR count). The first-order chi connectivity index (χ1) is 9.58. The summed E-state index contributed by atoms with van der Waals surface area (Å²) in [6, 6.07) is 0.660. The molecular weight excluding hydrogens is 246 g/mol. The van der Waals surface area contributed by atoms with E-state index in [9.17, 15) is 0 Å². The highest BCUT2D eigenvalue weighted by atomic mass is 16.5. The number of nitrogens with one attached hydrogen (secondary N) is 1. The minimum absolute atomic E-state index is 0.410. The van der Waals surface area contributed by atoms with Crippen molar-refractivity contribution < 1.29 is 4.74 Å². The Morgan fingerprint density at radius 1 is 1.00 bits per heavy atom. The lowest BCUT2D eigenvalue weighted by molar-refractivity contribution is 0.0420. The lowest BCUT2D eigenvalue weighted by atomic mass is 9.70. The van der Waals surface area contributed by atoms with Crippen LogP contribution in [-0.4, -0.2) is 24.8 Å². The largest absolute Gasteiger partial charge is 0.375 e. The van der Waals surface area contributed by atoms with Crippen LogP contribution >= 0.6 is 0 Å². The molecule has 5 unspecified atom stereocenters. The van der Waals surface area contributed by atoms with Crippen molar-refractivity contribution in [3.63, 3.8) is 0 Å². The van der Waals surface area contributed by atoms with Crippen LogP contribution in [0.15, 0.2) is 0 Å². The van der Waals surface area contributed by atoms with Gasteiger partial charge in [-0.05, 0) is 51.0 Å². The van der Waals surface area contributed by atoms with E-state index in [2.05, 4.69) is 39.9 Å². The first kappa shape index (κ1) is 16.3. The Bertz CT molecular complexity index is 285. The monoisotopic (exact) mass is 281 g/mol. The van der Waals surface area contributed by atoms with Gasteiger partial charge in [0.25, 0.3) is 0 Å². The molecule has 0 aromatic heterocycles. The van der Waals surface area contributed by atoms with Gasteiger partial charge in [0.15, 0.2) is 0 Å². The first-order valence-corrected chi connectivity index (χ1v) is 8.97. The average molecular weight is 281 g/mol. The zero-order chi connectivity index (χ0) is 14.7. The van der Waals surface area contributed by atoms with E-state index in [1.807, 2.05) is 0 Å². The van der Waals surface area contributed by atoms with Crippen LogP contribution in [0.3, 0.4) is 0 Å². The molecule has 2 nitrogen and oxygen atoms in total. The Morgan fingerprint density at radius 3 is 2.10 bits per heavy atom. The molecule has 5 atom stereocenters. The third-order valence-electron chi connectivity index (χ3n) is 6.15. The summed E-state index contributed by atoms with van der Waals surface area (Å²) >= 11 is 0. The maximum atomic E-state index is 6.11. The Balaban J connectivity index is 2.03. The molecular formula is C18H35NO. The van der Waals surface area contributed by atoms with E-state index in [4.69, 9.17) is 4.74 Å². The van der Waals surface area contributed by atoms with Crippen LogP contribution in [0.5, 0.6) is 0 Å². The van der Waals surface area contributed by atoms with Crippen LogP contribution in [0.25, 0.3) is 0 Å². The molecule has 2 heteroatoms. The minimum atomic E-state index is 0.410. The van der Waals surface area contributed by atoms with Gasteiger partial charge in [0.05, 0.1) is 12.2 Å². The average Bonchev–Trinajstić information content (AvgIpc) is 2.70. The second kappa shape index (κ2) is 7.26. The maximum Gasteiger partial charge on any atom is 0.0597 e. The van der Waals surface area contributed by atoms with Crippen molar-refractivity contribution in [2.45, 2.75) is 85.0 Å². The van der Waals surface area contributed by atoms with Gasteiger partial charge in [0.2, 0.25) is 0 Å². The first-order valence-electron chi connectivity index (χ1n) is 8.97. The van der Waals surface area contributed by atoms with Crippen LogP contribution in [0.2, 0.25) is 0 Å². The molecule has 118 valence electrons. The number of rotatable bonds is 5. The summed E-state index contributed by atoms with van der Waals surface area (Å²) in [5.74, 6) is 3.22. The molecule has 0 aromatic carbocycles. The summed E-state index contributed by atoms with van der Waals surface area (Å²) in [5, 5.41) is 3.83. The molecule has 1 heterocycles. The fourth-order valence-electron chi connectivity index (χ4n) is 4.72. The van der Waals surface area contributed by atoms with Gasteiger partial charge in [-0.2, -0.15) is 0 Å². The Hall–Kier alpha value is -0.0800. The Kier molecular flexibility index (Phi) is 5.92. The molecule has 0 bridgehead atoms. The van der Waals surface area contributed by atoms with Crippen molar-refractivity contribution in [1.82, 2.24) is 5.32 Å². The number of ether oxygens (including phenoxy) is 1. The standard InChI is InChI=1S/C18H35NO/c1-6-15-8-10-16(11-9-15)18(19-7-2)17-12(3)13(4)20-14(17)5/h12-19H,6-11H2,1-5H3. The molecule has 0 spiro atoms. The molecule has 2 aliphatic rings. The van der Waals surface area contributed by atoms with Gasteiger partial charge in [-0.3, -0.25) is 0 Å². The SMILES string of the molecule is CCNC(C1CCC(CC)CC1)C1C(C)OC(C)C1C. The summed E-state index contributed by atoms with van der Waals surface area (Å²) in [6.07, 6.45) is 7.91. The molecule has 0 amide bonds. The summed E-state index contributed by atoms with van der Waals surface area (Å²) in [6.45, 7) is 12.6. The van der Waals surface area contributed by atoms with Crippen LogP contribution in [0.1, 0.15) is 66.7 Å². The fraction of sp³-hybridized carbons (Fsp3) is 1.00. The van der Waals surface area contributed by atoms with Gasteiger partial charge >= 0.3 is 0 Å². The van der Waals surface area contributed by atoms with Gasteiger partial charge in [0.1, 0.15) is 0 Å². The lowest BCUT2D eigenvalue weighted by Crippen LogP contribution is -2.47. The molecule has 1 aliphatic carbocycles. The number of hydrogen-bond donors (Lipinski definition) is 1. The molecule has 1 aliphatic heterocycles. The van der Waals surface area contributed by atoms with Crippen molar-refractivity contribution in [3.05, 3.63) is 0 Å². The Morgan fingerprint density at radius 2 is 1.65 bits per heavy atom. The van der Waals surface area contributed by atoms with E-state index in [1.165, 1.54) is 32.1 Å². The van der Waals surface area contributed by atoms with E-state index in [1.54, 1.807) is 0 Å². The molecule has 0 aromatic rings. The van der Waals surface area contributed by atoms with Crippen molar-refractivity contribution in [2.75, 3.05) is 6.54 Å². The van der Waals surface area contributed by atoms with E-state index < -0.39 is 0 Å². The van der Waals surface area contributed by atoms with Crippen LogP contribution < -0.4 is 5.32 Å². The van der Waals surface area contributed by atoms with Crippen molar-refractivity contribution in [1.29, 1.82) is 0 Å². The maximum absolute atomic E-state index is 6.11. The van der Waals surface area contributed by atoms with E-state index in [0.29, 0.717) is 30.1 Å². The van der Waals surface area contributed by atoms with E-state index in [-0.39, 0.29) is 0 Å². The second-order valence-corrected chi connectivity index (χ2v) is 7.26. The van der Waals surface area contributed by atoms with Gasteiger partial charge in [-0.1, -0.05) is 40.0 Å². The number of hydrogen-bond acceptors (Lipinski definition) is 2. The van der Waals surface area contributed by atoms with Gasteiger partial charge < -0.3 is 10.1 Å². The molecule has 0 radical (unpaired) electrons. The third-order valence-corrected chi connectivity index (χ3v) is 6.15. The van der Waals surface area contributed by atoms with E-state index in [0.717, 1.165) is 18.4 Å². The van der Waals surface area contributed by atoms with Crippen molar-refractivity contribution >= 4 is 0 Å². The topological polar surface area (TPSA) is 21.3 Å². The summed E-state index contributed by atoms with van der Waals surface area (Å²) in [5.41, 5.74) is 0. The van der Waals surface area contributed by atoms with E-state index >= 15 is 0 Å². The quantitative estimate of drug-likeness (QED) is 0.814. The molecule has 1 N–H and O–H groups in total. The molecule has 1 saturated carbocycles. The van der Waals surface area contributed by atoms with Crippen molar-refractivity contribution in [3.8, 4) is 0 Å². The molecule has 2 fully saturated rings. The van der Waals surface area contributed by atoms with Crippen LogP contribution in [-0.2, 0) is 4.74 Å². The third kappa shape index (κ3) is 3.39.